The summed E-state index contributed by atoms with van der Waals surface area (Å²) in [5.74, 6) is -1.66. The molecule has 4 aliphatic rings. The predicted molar refractivity (Wildman–Crippen MR) is 147 cm³/mol. The zero-order valence-electron chi connectivity index (χ0n) is 23.3. The highest BCUT2D eigenvalue weighted by molar-refractivity contribution is 5.99. The first-order chi connectivity index (χ1) is 19.0. The molecule has 1 aliphatic carbocycles. The van der Waals surface area contributed by atoms with E-state index in [-0.39, 0.29) is 30.4 Å². The molecule has 3 N–H and O–H groups in total. The van der Waals surface area contributed by atoms with Crippen molar-refractivity contribution in [2.45, 2.75) is 114 Å². The highest BCUT2D eigenvalue weighted by Gasteiger charge is 2.78. The molecule has 0 radical (unpaired) electrons. The van der Waals surface area contributed by atoms with Crippen LogP contribution in [0.25, 0.3) is 0 Å². The van der Waals surface area contributed by atoms with Gasteiger partial charge in [0, 0.05) is 25.7 Å². The number of nitrogens with zero attached hydrogens (tertiary/aromatic N) is 1. The van der Waals surface area contributed by atoms with Crippen LogP contribution in [0.15, 0.2) is 30.3 Å². The second kappa shape index (κ2) is 12.0. The first-order valence-electron chi connectivity index (χ1n) is 15.2. The van der Waals surface area contributed by atoms with Crippen molar-refractivity contribution < 1.29 is 24.2 Å². The van der Waals surface area contributed by atoms with Gasteiger partial charge in [0.25, 0.3) is 0 Å². The van der Waals surface area contributed by atoms with Crippen LogP contribution in [0, 0.1) is 11.8 Å². The number of hydrogen-bond donors (Lipinski definition) is 3. The maximum atomic E-state index is 14.2. The monoisotopic (exact) mass is 539 g/mol. The number of carbonyl (C=O) groups is 3. The van der Waals surface area contributed by atoms with Gasteiger partial charge in [-0.2, -0.15) is 0 Å². The summed E-state index contributed by atoms with van der Waals surface area (Å²) in [5.41, 5.74) is -0.689. The molecule has 8 nitrogen and oxygen atoms in total. The van der Waals surface area contributed by atoms with E-state index in [9.17, 15) is 14.4 Å². The molecule has 39 heavy (non-hydrogen) atoms. The smallest absolute Gasteiger partial charge is 0.246 e. The highest BCUT2D eigenvalue weighted by Crippen LogP contribution is 2.64. The minimum Gasteiger partial charge on any atom is -0.396 e. The van der Waals surface area contributed by atoms with E-state index in [4.69, 9.17) is 9.84 Å². The van der Waals surface area contributed by atoms with Crippen molar-refractivity contribution in [3.05, 3.63) is 35.9 Å². The van der Waals surface area contributed by atoms with E-state index in [1.807, 2.05) is 37.3 Å². The third-order valence-electron chi connectivity index (χ3n) is 9.78. The van der Waals surface area contributed by atoms with Crippen LogP contribution in [0.1, 0.15) is 89.5 Å². The fourth-order valence-electron chi connectivity index (χ4n) is 7.83. The van der Waals surface area contributed by atoms with Crippen molar-refractivity contribution in [1.29, 1.82) is 0 Å². The Balaban J connectivity index is 1.40. The fraction of sp³-hybridized carbons (Fsp3) is 0.710. The van der Waals surface area contributed by atoms with Crippen molar-refractivity contribution in [3.8, 4) is 0 Å². The number of aliphatic hydroxyl groups excluding tert-OH is 1. The molecule has 3 amide bonds. The Morgan fingerprint density at radius 3 is 2.49 bits per heavy atom. The Hall–Kier alpha value is -2.45. The third kappa shape index (κ3) is 5.22. The number of aliphatic hydroxyl groups is 1. The number of amides is 3. The minimum atomic E-state index is -0.967. The van der Waals surface area contributed by atoms with E-state index in [0.29, 0.717) is 32.4 Å². The molecule has 4 fully saturated rings. The van der Waals surface area contributed by atoms with Gasteiger partial charge in [-0.05, 0) is 50.5 Å². The number of benzene rings is 1. The molecule has 3 heterocycles. The second-order valence-electron chi connectivity index (χ2n) is 12.0. The van der Waals surface area contributed by atoms with Crippen molar-refractivity contribution >= 4 is 17.7 Å². The normalized spacial score (nSPS) is 31.9. The average molecular weight is 540 g/mol. The first kappa shape index (κ1) is 28.1. The third-order valence-corrected chi connectivity index (χ3v) is 9.78. The van der Waals surface area contributed by atoms with Gasteiger partial charge in [0.05, 0.1) is 17.4 Å². The lowest BCUT2D eigenvalue weighted by Gasteiger charge is -2.35. The second-order valence-corrected chi connectivity index (χ2v) is 12.0. The lowest BCUT2D eigenvalue weighted by molar-refractivity contribution is -0.148. The largest absolute Gasteiger partial charge is 0.396 e. The van der Waals surface area contributed by atoms with Crippen LogP contribution in [0.5, 0.6) is 0 Å². The van der Waals surface area contributed by atoms with Crippen molar-refractivity contribution in [1.82, 2.24) is 15.5 Å². The summed E-state index contributed by atoms with van der Waals surface area (Å²) in [4.78, 5) is 43.7. The van der Waals surface area contributed by atoms with E-state index in [0.717, 1.165) is 56.9 Å². The highest BCUT2D eigenvalue weighted by atomic mass is 16.5. The van der Waals surface area contributed by atoms with E-state index < -0.39 is 29.1 Å². The summed E-state index contributed by atoms with van der Waals surface area (Å²) in [6.07, 6.45) is 10.5. The molecule has 3 aliphatic heterocycles. The number of nitrogens with one attached hydrogen (secondary N) is 2. The first-order valence-corrected chi connectivity index (χ1v) is 15.2. The van der Waals surface area contributed by atoms with Gasteiger partial charge >= 0.3 is 0 Å². The number of ether oxygens (including phenoxy) is 1. The molecule has 3 saturated heterocycles. The molecule has 5 rings (SSSR count). The Bertz CT molecular complexity index is 1030. The number of rotatable bonds is 12. The Morgan fingerprint density at radius 2 is 1.77 bits per heavy atom. The fourth-order valence-corrected chi connectivity index (χ4v) is 7.83. The molecule has 1 aromatic rings. The summed E-state index contributed by atoms with van der Waals surface area (Å²) in [5, 5.41) is 15.5. The van der Waals surface area contributed by atoms with Crippen LogP contribution in [-0.2, 0) is 25.7 Å². The maximum Gasteiger partial charge on any atom is 0.246 e. The van der Waals surface area contributed by atoms with Gasteiger partial charge in [-0.1, -0.05) is 69.4 Å². The Morgan fingerprint density at radius 1 is 1.03 bits per heavy atom. The number of carbonyl (C=O) groups excluding carboxylic acids is 3. The van der Waals surface area contributed by atoms with Gasteiger partial charge < -0.3 is 25.4 Å². The molecule has 5 atom stereocenters. The number of hydrogen-bond acceptors (Lipinski definition) is 5. The molecule has 214 valence electrons. The maximum absolute atomic E-state index is 14.2. The Labute approximate surface area is 232 Å². The van der Waals surface area contributed by atoms with Gasteiger partial charge in [-0.25, -0.2) is 0 Å². The van der Waals surface area contributed by atoms with Crippen LogP contribution in [-0.4, -0.2) is 64.2 Å². The van der Waals surface area contributed by atoms with Crippen LogP contribution in [0.4, 0.5) is 0 Å². The summed E-state index contributed by atoms with van der Waals surface area (Å²) in [6, 6.07) is 9.19. The molecule has 0 aromatic heterocycles. The van der Waals surface area contributed by atoms with E-state index in [1.54, 1.807) is 4.90 Å². The number of unbranched alkanes of at least 4 members (excludes halogenated alkanes) is 3. The quantitative estimate of drug-likeness (QED) is 0.353. The number of fused-ring (bicyclic) bond motifs is 1. The topological polar surface area (TPSA) is 108 Å². The lowest BCUT2D eigenvalue weighted by Crippen LogP contribution is -2.57. The summed E-state index contributed by atoms with van der Waals surface area (Å²) in [6.45, 7) is 3.04. The summed E-state index contributed by atoms with van der Waals surface area (Å²) >= 11 is 0. The van der Waals surface area contributed by atoms with Gasteiger partial charge in [0.2, 0.25) is 17.7 Å². The standard InChI is InChI=1S/C31H45N3O5/c1-2-30-17-18-31(39-30)25(24(30)27(36)32-21-22-13-7-5-8-14-22)29(38)34(19-11-3-4-12-20-35)26(31)28(37)33-23-15-9-6-10-16-23/h5,7-8,13-14,23-26,35H,2-4,6,9-12,15-21H2,1H3,(H,32,36)(H,33,37)/t24-,25+,26?,30+,31?/m1/s1. The van der Waals surface area contributed by atoms with Gasteiger partial charge in [0.15, 0.2) is 0 Å². The zero-order valence-corrected chi connectivity index (χ0v) is 23.3. The zero-order chi connectivity index (χ0) is 27.5. The van der Waals surface area contributed by atoms with Crippen molar-refractivity contribution in [2.75, 3.05) is 13.2 Å². The van der Waals surface area contributed by atoms with E-state index in [2.05, 4.69) is 10.6 Å². The predicted octanol–water partition coefficient (Wildman–Crippen LogP) is 3.46. The van der Waals surface area contributed by atoms with Gasteiger partial charge in [0.1, 0.15) is 11.6 Å². The van der Waals surface area contributed by atoms with Crippen LogP contribution in [0.3, 0.4) is 0 Å². The SMILES string of the molecule is CC[C@@]12CCC3(O1)C(C(=O)NC1CCCCC1)N(CCCCCCO)C(=O)[C@@H]3[C@@H]2C(=O)NCc1ccccc1. The van der Waals surface area contributed by atoms with Crippen LogP contribution >= 0.6 is 0 Å². The molecular weight excluding hydrogens is 494 g/mol. The lowest BCUT2D eigenvalue weighted by atomic mass is 9.65. The van der Waals surface area contributed by atoms with Crippen molar-refractivity contribution in [2.24, 2.45) is 11.8 Å². The average Bonchev–Trinajstić information content (AvgIpc) is 3.56. The van der Waals surface area contributed by atoms with Crippen LogP contribution in [0.2, 0.25) is 0 Å². The van der Waals surface area contributed by atoms with Gasteiger partial charge in [-0.3, -0.25) is 14.4 Å². The molecular formula is C31H45N3O5. The number of likely N-dealkylation sites (tertiary alicyclic amines) is 1. The summed E-state index contributed by atoms with van der Waals surface area (Å²) in [7, 11) is 0. The minimum absolute atomic E-state index is 0.115. The Kier molecular flexibility index (Phi) is 8.62. The molecule has 2 bridgehead atoms. The molecule has 1 aromatic carbocycles. The van der Waals surface area contributed by atoms with Gasteiger partial charge in [-0.15, -0.1) is 0 Å². The molecule has 1 spiro atoms. The van der Waals surface area contributed by atoms with E-state index >= 15 is 0 Å². The van der Waals surface area contributed by atoms with Crippen molar-refractivity contribution in [3.63, 3.8) is 0 Å². The summed E-state index contributed by atoms with van der Waals surface area (Å²) < 4.78 is 6.86. The van der Waals surface area contributed by atoms with Crippen LogP contribution < -0.4 is 10.6 Å². The molecule has 8 heteroatoms. The molecule has 1 saturated carbocycles. The molecule has 2 unspecified atom stereocenters. The van der Waals surface area contributed by atoms with E-state index in [1.165, 1.54) is 6.42 Å².